The van der Waals surface area contributed by atoms with E-state index in [1.54, 1.807) is 18.2 Å². The Hall–Kier alpha value is -2.12. The molecule has 0 rings (SSSR count). The van der Waals surface area contributed by atoms with Gasteiger partial charge in [0.15, 0.2) is 0 Å². The standard InChI is InChI=1S/C23H34O6S/c1-2-3-4-5-6-7-8-9-10-11-12-13-16-21(30-18-20(25)23(28)29)19(24)15-14-17-22(26)27/h6-7,9-13,16,19,21,24H,2-5,8,14-15,17-18H2,1H3,(H,26,27)(H,28,29)/b7-6-,10-9-,12-11+,16-13+/t19-,21-/m1/s1. The van der Waals surface area contributed by atoms with Crippen LogP contribution in [0, 0.1) is 0 Å². The summed E-state index contributed by atoms with van der Waals surface area (Å²) >= 11 is 1.03. The van der Waals surface area contributed by atoms with E-state index >= 15 is 0 Å². The Morgan fingerprint density at radius 3 is 2.33 bits per heavy atom. The molecule has 0 saturated heterocycles. The second kappa shape index (κ2) is 18.9. The van der Waals surface area contributed by atoms with Gasteiger partial charge in [-0.2, -0.15) is 0 Å². The lowest BCUT2D eigenvalue weighted by atomic mass is 10.1. The van der Waals surface area contributed by atoms with Crippen LogP contribution in [-0.4, -0.2) is 50.1 Å². The first-order valence-electron chi connectivity index (χ1n) is 10.3. The van der Waals surface area contributed by atoms with Crippen molar-refractivity contribution in [1.82, 2.24) is 0 Å². The maximum Gasteiger partial charge on any atom is 0.373 e. The normalized spacial score (nSPS) is 14.2. The molecule has 0 aliphatic rings. The number of Topliss-reactive ketones (excluding diaryl/α,β-unsaturated/α-hetero) is 1. The van der Waals surface area contributed by atoms with Gasteiger partial charge in [-0.3, -0.25) is 9.59 Å². The second-order valence-electron chi connectivity index (χ2n) is 6.76. The summed E-state index contributed by atoms with van der Waals surface area (Å²) in [6.45, 7) is 2.18. The van der Waals surface area contributed by atoms with E-state index in [9.17, 15) is 19.5 Å². The van der Waals surface area contributed by atoms with Crippen LogP contribution in [0.15, 0.2) is 48.6 Å². The molecule has 3 N–H and O–H groups in total. The predicted octanol–water partition coefficient (Wildman–Crippen LogP) is 4.55. The van der Waals surface area contributed by atoms with Gasteiger partial charge in [-0.05, 0) is 32.1 Å². The number of carboxylic acid groups (broad SMARTS) is 2. The van der Waals surface area contributed by atoms with E-state index in [2.05, 4.69) is 19.1 Å². The predicted molar refractivity (Wildman–Crippen MR) is 122 cm³/mol. The highest BCUT2D eigenvalue weighted by Gasteiger charge is 2.20. The number of hydrogen-bond donors (Lipinski definition) is 3. The Kier molecular flexibility index (Phi) is 17.5. The minimum Gasteiger partial charge on any atom is -0.481 e. The Morgan fingerprint density at radius 1 is 0.933 bits per heavy atom. The van der Waals surface area contributed by atoms with E-state index < -0.39 is 29.1 Å². The largest absolute Gasteiger partial charge is 0.481 e. The van der Waals surface area contributed by atoms with Crippen molar-refractivity contribution in [3.8, 4) is 0 Å². The maximum atomic E-state index is 11.3. The van der Waals surface area contributed by atoms with Crippen molar-refractivity contribution in [3.63, 3.8) is 0 Å². The highest BCUT2D eigenvalue weighted by atomic mass is 32.2. The summed E-state index contributed by atoms with van der Waals surface area (Å²) in [7, 11) is 0. The smallest absolute Gasteiger partial charge is 0.373 e. The van der Waals surface area contributed by atoms with Crippen molar-refractivity contribution in [2.45, 2.75) is 69.6 Å². The SMILES string of the molecule is CCCCC/C=C\C\C=C/C=C/C=C/[C@@H](SCC(=O)C(=O)O)[C@H](O)CCCC(=O)O. The third-order valence-corrected chi connectivity index (χ3v) is 5.38. The molecule has 168 valence electrons. The van der Waals surface area contributed by atoms with Crippen LogP contribution in [0.4, 0.5) is 0 Å². The molecule has 0 fully saturated rings. The number of hydrogen-bond acceptors (Lipinski definition) is 5. The van der Waals surface area contributed by atoms with Gasteiger partial charge in [0.25, 0.3) is 0 Å². The van der Waals surface area contributed by atoms with Crippen LogP contribution >= 0.6 is 11.8 Å². The minimum atomic E-state index is -1.50. The number of carbonyl (C=O) groups is 3. The van der Waals surface area contributed by atoms with E-state index in [4.69, 9.17) is 10.2 Å². The number of aliphatic hydroxyl groups is 1. The fourth-order valence-corrected chi connectivity index (χ4v) is 3.45. The first-order chi connectivity index (χ1) is 14.4. The fourth-order valence-electron chi connectivity index (χ4n) is 2.42. The molecule has 0 bridgehead atoms. The molecule has 0 aromatic rings. The summed E-state index contributed by atoms with van der Waals surface area (Å²) in [5.74, 6) is -3.63. The van der Waals surface area contributed by atoms with Gasteiger partial charge < -0.3 is 15.3 Å². The van der Waals surface area contributed by atoms with Crippen LogP contribution in [0.1, 0.15) is 58.3 Å². The zero-order valence-electron chi connectivity index (χ0n) is 17.6. The van der Waals surface area contributed by atoms with Crippen molar-refractivity contribution < 1.29 is 29.7 Å². The van der Waals surface area contributed by atoms with Gasteiger partial charge >= 0.3 is 11.9 Å². The lowest BCUT2D eigenvalue weighted by Gasteiger charge is -2.18. The lowest BCUT2D eigenvalue weighted by Crippen LogP contribution is -2.24. The van der Waals surface area contributed by atoms with Gasteiger partial charge in [0.2, 0.25) is 5.78 Å². The molecule has 0 unspecified atom stereocenters. The number of ketones is 1. The van der Waals surface area contributed by atoms with Gasteiger partial charge in [-0.25, -0.2) is 4.79 Å². The zero-order valence-corrected chi connectivity index (χ0v) is 18.4. The Labute approximate surface area is 183 Å². The van der Waals surface area contributed by atoms with Crippen LogP contribution in [-0.2, 0) is 14.4 Å². The van der Waals surface area contributed by atoms with Crippen molar-refractivity contribution in [2.75, 3.05) is 5.75 Å². The highest BCUT2D eigenvalue weighted by molar-refractivity contribution is 8.00. The van der Waals surface area contributed by atoms with Gasteiger partial charge in [0, 0.05) is 11.7 Å². The number of rotatable bonds is 18. The van der Waals surface area contributed by atoms with Crippen molar-refractivity contribution in [1.29, 1.82) is 0 Å². The van der Waals surface area contributed by atoms with Gasteiger partial charge in [-0.15, -0.1) is 11.8 Å². The van der Waals surface area contributed by atoms with Crippen LogP contribution in [0.5, 0.6) is 0 Å². The highest BCUT2D eigenvalue weighted by Crippen LogP contribution is 2.20. The van der Waals surface area contributed by atoms with Crippen LogP contribution in [0.3, 0.4) is 0 Å². The molecule has 6 nitrogen and oxygen atoms in total. The molecule has 0 aromatic carbocycles. The van der Waals surface area contributed by atoms with E-state index in [0.29, 0.717) is 6.42 Å². The molecule has 0 saturated carbocycles. The minimum absolute atomic E-state index is 0.0516. The molecule has 2 atom stereocenters. The van der Waals surface area contributed by atoms with Crippen LogP contribution in [0.2, 0.25) is 0 Å². The van der Waals surface area contributed by atoms with Crippen molar-refractivity contribution in [2.24, 2.45) is 0 Å². The molecule has 0 amide bonds. The fraction of sp³-hybridized carbons (Fsp3) is 0.522. The third kappa shape index (κ3) is 16.8. The molecular formula is C23H34O6S. The van der Waals surface area contributed by atoms with Crippen molar-refractivity contribution in [3.05, 3.63) is 48.6 Å². The average Bonchev–Trinajstić information content (AvgIpc) is 2.70. The molecular weight excluding hydrogens is 404 g/mol. The number of aliphatic carboxylic acids is 2. The molecule has 0 aromatic heterocycles. The number of carboxylic acids is 2. The lowest BCUT2D eigenvalue weighted by molar-refractivity contribution is -0.147. The first-order valence-corrected chi connectivity index (χ1v) is 11.4. The van der Waals surface area contributed by atoms with E-state index in [0.717, 1.165) is 24.6 Å². The molecule has 0 heterocycles. The number of unbranched alkanes of at least 4 members (excludes halogenated alkanes) is 3. The Balaban J connectivity index is 4.53. The number of thioether (sulfide) groups is 1. The maximum absolute atomic E-state index is 11.3. The average molecular weight is 439 g/mol. The Morgan fingerprint density at radius 2 is 1.67 bits per heavy atom. The summed E-state index contributed by atoms with van der Waals surface area (Å²) in [6, 6.07) is 0. The molecule has 7 heteroatoms. The summed E-state index contributed by atoms with van der Waals surface area (Å²) < 4.78 is 0. The molecule has 0 aliphatic carbocycles. The third-order valence-electron chi connectivity index (χ3n) is 4.10. The second-order valence-corrected chi connectivity index (χ2v) is 7.92. The van der Waals surface area contributed by atoms with Crippen LogP contribution in [0.25, 0.3) is 0 Å². The molecule has 30 heavy (non-hydrogen) atoms. The number of aliphatic hydroxyl groups excluding tert-OH is 1. The Bertz CT molecular complexity index is 621. The van der Waals surface area contributed by atoms with Gasteiger partial charge in [-0.1, -0.05) is 68.4 Å². The molecule has 0 radical (unpaired) electrons. The molecule has 0 aliphatic heterocycles. The quantitative estimate of drug-likeness (QED) is 0.124. The monoisotopic (exact) mass is 438 g/mol. The number of carbonyl (C=O) groups excluding carboxylic acids is 1. The van der Waals surface area contributed by atoms with E-state index in [1.165, 1.54) is 19.3 Å². The van der Waals surface area contributed by atoms with Gasteiger partial charge in [0.05, 0.1) is 11.9 Å². The summed E-state index contributed by atoms with van der Waals surface area (Å²) in [5.41, 5.74) is 0. The number of allylic oxidation sites excluding steroid dienone is 7. The summed E-state index contributed by atoms with van der Waals surface area (Å²) in [5, 5.41) is 27.2. The summed E-state index contributed by atoms with van der Waals surface area (Å²) in [4.78, 5) is 32.6. The zero-order chi connectivity index (χ0) is 22.6. The summed E-state index contributed by atoms with van der Waals surface area (Å²) in [6.07, 6.45) is 20.6. The van der Waals surface area contributed by atoms with Gasteiger partial charge in [0.1, 0.15) is 0 Å². The van der Waals surface area contributed by atoms with Crippen LogP contribution < -0.4 is 0 Å². The molecule has 0 spiro atoms. The van der Waals surface area contributed by atoms with E-state index in [1.807, 2.05) is 18.2 Å². The van der Waals surface area contributed by atoms with E-state index in [-0.39, 0.29) is 18.6 Å². The topological polar surface area (TPSA) is 112 Å². The van der Waals surface area contributed by atoms with Crippen molar-refractivity contribution >= 4 is 29.5 Å². The first kappa shape index (κ1) is 27.9.